The van der Waals surface area contributed by atoms with Gasteiger partial charge in [0.1, 0.15) is 11.8 Å². The Morgan fingerprint density at radius 3 is 2.76 bits per heavy atom. The molecule has 2 heterocycles. The Balaban J connectivity index is 1.46. The summed E-state index contributed by atoms with van der Waals surface area (Å²) in [7, 11) is 0. The SMILES string of the molecule is O=C(OCCCc1cccnc1)C1CCCCN1C(=O)COc1ccc(Cl)cc1. The second kappa shape index (κ2) is 10.8. The van der Waals surface area contributed by atoms with Crippen LogP contribution in [0.1, 0.15) is 31.2 Å². The number of halogens is 1. The van der Waals surface area contributed by atoms with E-state index in [4.69, 9.17) is 21.1 Å². The molecule has 29 heavy (non-hydrogen) atoms. The summed E-state index contributed by atoms with van der Waals surface area (Å²) in [5, 5.41) is 0.603. The molecule has 1 atom stereocenters. The quantitative estimate of drug-likeness (QED) is 0.485. The summed E-state index contributed by atoms with van der Waals surface area (Å²) in [4.78, 5) is 30.8. The number of piperidine rings is 1. The lowest BCUT2D eigenvalue weighted by Crippen LogP contribution is -2.50. The fourth-order valence-corrected chi connectivity index (χ4v) is 3.45. The van der Waals surface area contributed by atoms with Crippen molar-refractivity contribution in [3.05, 3.63) is 59.4 Å². The topological polar surface area (TPSA) is 68.7 Å². The average Bonchev–Trinajstić information content (AvgIpc) is 2.76. The van der Waals surface area contributed by atoms with Crippen molar-refractivity contribution in [2.45, 2.75) is 38.1 Å². The third-order valence-corrected chi connectivity index (χ3v) is 5.10. The Hall–Kier alpha value is -2.60. The molecule has 1 aliphatic rings. The van der Waals surface area contributed by atoms with Crippen molar-refractivity contribution in [1.29, 1.82) is 0 Å². The van der Waals surface area contributed by atoms with Crippen LogP contribution in [0, 0.1) is 0 Å². The van der Waals surface area contributed by atoms with Crippen LogP contribution in [0.5, 0.6) is 5.75 Å². The molecule has 0 radical (unpaired) electrons. The molecule has 1 aliphatic heterocycles. The smallest absolute Gasteiger partial charge is 0.328 e. The third kappa shape index (κ3) is 6.46. The predicted octanol–water partition coefficient (Wildman–Crippen LogP) is 3.67. The minimum atomic E-state index is -0.538. The summed E-state index contributed by atoms with van der Waals surface area (Å²) in [5.41, 5.74) is 1.11. The summed E-state index contributed by atoms with van der Waals surface area (Å²) < 4.78 is 11.0. The van der Waals surface area contributed by atoms with Crippen molar-refractivity contribution in [3.8, 4) is 5.75 Å². The zero-order chi connectivity index (χ0) is 20.5. The van der Waals surface area contributed by atoms with Crippen LogP contribution < -0.4 is 4.74 Å². The number of esters is 1. The average molecular weight is 417 g/mol. The van der Waals surface area contributed by atoms with Gasteiger partial charge in [0, 0.05) is 24.0 Å². The monoisotopic (exact) mass is 416 g/mol. The lowest BCUT2D eigenvalue weighted by Gasteiger charge is -2.34. The number of likely N-dealkylation sites (tertiary alicyclic amines) is 1. The Morgan fingerprint density at radius 1 is 1.17 bits per heavy atom. The van der Waals surface area contributed by atoms with Crippen molar-refractivity contribution >= 4 is 23.5 Å². The number of pyridine rings is 1. The van der Waals surface area contributed by atoms with Gasteiger partial charge in [-0.1, -0.05) is 17.7 Å². The first-order chi connectivity index (χ1) is 14.1. The number of aryl methyl sites for hydroxylation is 1. The van der Waals surface area contributed by atoms with Gasteiger partial charge < -0.3 is 14.4 Å². The first-order valence-corrected chi connectivity index (χ1v) is 10.2. The van der Waals surface area contributed by atoms with Crippen molar-refractivity contribution in [2.24, 2.45) is 0 Å². The second-order valence-electron chi connectivity index (χ2n) is 6.97. The van der Waals surface area contributed by atoms with E-state index in [2.05, 4.69) is 4.98 Å². The lowest BCUT2D eigenvalue weighted by molar-refractivity contribution is -0.157. The number of rotatable bonds is 8. The molecule has 0 saturated carbocycles. The standard InChI is InChI=1S/C22H25ClN2O4/c23-18-8-10-19(11-9-18)29-16-21(26)25-13-2-1-7-20(25)22(27)28-14-4-6-17-5-3-12-24-15-17/h3,5,8-12,15,20H,1-2,4,6-7,13-14,16H2. The van der Waals surface area contributed by atoms with Gasteiger partial charge >= 0.3 is 5.97 Å². The molecule has 154 valence electrons. The normalized spacial score (nSPS) is 16.3. The fourth-order valence-electron chi connectivity index (χ4n) is 3.33. The fraction of sp³-hybridized carbons (Fsp3) is 0.409. The van der Waals surface area contributed by atoms with Gasteiger partial charge in [0.05, 0.1) is 6.61 Å². The van der Waals surface area contributed by atoms with E-state index in [0.717, 1.165) is 31.2 Å². The summed E-state index contributed by atoms with van der Waals surface area (Å²) in [6.45, 7) is 0.748. The molecular weight excluding hydrogens is 392 g/mol. The molecule has 1 aromatic carbocycles. The zero-order valence-corrected chi connectivity index (χ0v) is 17.0. The largest absolute Gasteiger partial charge is 0.484 e. The molecule has 1 saturated heterocycles. The maximum atomic E-state index is 12.6. The summed E-state index contributed by atoms with van der Waals surface area (Å²) in [5.74, 6) is 0.0157. The Bertz CT molecular complexity index is 798. The number of carbonyl (C=O) groups excluding carboxylic acids is 2. The Kier molecular flexibility index (Phi) is 7.87. The van der Waals surface area contributed by atoms with Crippen LogP contribution in [0.4, 0.5) is 0 Å². The molecule has 1 aromatic heterocycles. The highest BCUT2D eigenvalue weighted by Crippen LogP contribution is 2.20. The second-order valence-corrected chi connectivity index (χ2v) is 7.41. The van der Waals surface area contributed by atoms with Gasteiger partial charge in [0.2, 0.25) is 0 Å². The van der Waals surface area contributed by atoms with Crippen molar-refractivity contribution in [2.75, 3.05) is 19.8 Å². The predicted molar refractivity (Wildman–Crippen MR) is 110 cm³/mol. The maximum Gasteiger partial charge on any atom is 0.328 e. The van der Waals surface area contributed by atoms with Gasteiger partial charge in [0.15, 0.2) is 6.61 Å². The van der Waals surface area contributed by atoms with E-state index in [9.17, 15) is 9.59 Å². The molecule has 3 rings (SSSR count). The number of hydrogen-bond acceptors (Lipinski definition) is 5. The zero-order valence-electron chi connectivity index (χ0n) is 16.3. The first kappa shape index (κ1) is 21.1. The number of ether oxygens (including phenoxy) is 2. The van der Waals surface area contributed by atoms with E-state index >= 15 is 0 Å². The van der Waals surface area contributed by atoms with Gasteiger partial charge in [-0.25, -0.2) is 4.79 Å². The maximum absolute atomic E-state index is 12.6. The highest BCUT2D eigenvalue weighted by molar-refractivity contribution is 6.30. The minimum Gasteiger partial charge on any atom is -0.484 e. The van der Waals surface area contributed by atoms with Gasteiger partial charge in [-0.3, -0.25) is 9.78 Å². The van der Waals surface area contributed by atoms with Crippen LogP contribution in [0.15, 0.2) is 48.8 Å². The highest BCUT2D eigenvalue weighted by atomic mass is 35.5. The van der Waals surface area contributed by atoms with Gasteiger partial charge in [-0.05, 0) is 68.0 Å². The molecule has 1 unspecified atom stereocenters. The van der Waals surface area contributed by atoms with Gasteiger partial charge in [-0.15, -0.1) is 0 Å². The van der Waals surface area contributed by atoms with Crippen LogP contribution in [0.25, 0.3) is 0 Å². The molecule has 2 aromatic rings. The van der Waals surface area contributed by atoms with E-state index < -0.39 is 6.04 Å². The minimum absolute atomic E-state index is 0.119. The number of amides is 1. The van der Waals surface area contributed by atoms with E-state index in [-0.39, 0.29) is 18.5 Å². The van der Waals surface area contributed by atoms with Crippen LogP contribution in [-0.4, -0.2) is 47.6 Å². The number of benzene rings is 1. The summed E-state index contributed by atoms with van der Waals surface area (Å²) >= 11 is 5.85. The summed E-state index contributed by atoms with van der Waals surface area (Å²) in [6, 6.07) is 10.2. The Morgan fingerprint density at radius 2 is 2.00 bits per heavy atom. The van der Waals surface area contributed by atoms with E-state index in [1.54, 1.807) is 35.4 Å². The van der Waals surface area contributed by atoms with Crippen molar-refractivity contribution in [1.82, 2.24) is 9.88 Å². The molecule has 0 N–H and O–H groups in total. The number of nitrogens with zero attached hydrogens (tertiary/aromatic N) is 2. The lowest BCUT2D eigenvalue weighted by atomic mass is 10.0. The number of aromatic nitrogens is 1. The summed E-state index contributed by atoms with van der Waals surface area (Å²) in [6.07, 6.45) is 7.45. The van der Waals surface area contributed by atoms with Crippen LogP contribution >= 0.6 is 11.6 Å². The Labute approximate surface area is 175 Å². The van der Waals surface area contributed by atoms with Crippen LogP contribution in [0.3, 0.4) is 0 Å². The first-order valence-electron chi connectivity index (χ1n) is 9.87. The number of carbonyl (C=O) groups is 2. The molecular formula is C22H25ClN2O4. The van der Waals surface area contributed by atoms with Crippen LogP contribution in [-0.2, 0) is 20.7 Å². The highest BCUT2D eigenvalue weighted by Gasteiger charge is 2.33. The van der Waals surface area contributed by atoms with Crippen LogP contribution in [0.2, 0.25) is 5.02 Å². The van der Waals surface area contributed by atoms with E-state index in [1.165, 1.54) is 0 Å². The van der Waals surface area contributed by atoms with E-state index in [0.29, 0.717) is 30.3 Å². The van der Waals surface area contributed by atoms with E-state index in [1.807, 2.05) is 18.3 Å². The molecule has 0 aliphatic carbocycles. The molecule has 1 fully saturated rings. The van der Waals surface area contributed by atoms with Gasteiger partial charge in [0.25, 0.3) is 5.91 Å². The number of hydrogen-bond donors (Lipinski definition) is 0. The van der Waals surface area contributed by atoms with Crippen molar-refractivity contribution in [3.63, 3.8) is 0 Å². The van der Waals surface area contributed by atoms with Gasteiger partial charge in [-0.2, -0.15) is 0 Å². The molecule has 7 heteroatoms. The molecule has 1 amide bonds. The molecule has 0 spiro atoms. The van der Waals surface area contributed by atoms with Crippen molar-refractivity contribution < 1.29 is 19.1 Å². The molecule has 6 nitrogen and oxygen atoms in total. The molecule has 0 bridgehead atoms. The third-order valence-electron chi connectivity index (χ3n) is 4.85.